The summed E-state index contributed by atoms with van der Waals surface area (Å²) in [4.78, 5) is 2.19. The van der Waals surface area contributed by atoms with E-state index in [0.717, 1.165) is 37.3 Å². The maximum Gasteiger partial charge on any atom is 0.417 e. The first-order valence-electron chi connectivity index (χ1n) is 10.5. The number of alkyl halides is 3. The van der Waals surface area contributed by atoms with Gasteiger partial charge in [0.1, 0.15) is 12.4 Å². The topological polar surface area (TPSA) is 24.5 Å². The SMILES string of the molecule is FC(F)(F)c1cc(C(c2cccc(OCc3ccccc3)c2)N2CCNCC2)ccc1Cl. The molecule has 0 spiro atoms. The summed E-state index contributed by atoms with van der Waals surface area (Å²) < 4.78 is 46.6. The van der Waals surface area contributed by atoms with Gasteiger partial charge in [-0.25, -0.2) is 0 Å². The highest BCUT2D eigenvalue weighted by Crippen LogP contribution is 2.39. The molecule has 7 heteroatoms. The zero-order valence-corrected chi connectivity index (χ0v) is 18.2. The molecule has 1 aliphatic rings. The number of rotatable bonds is 6. The zero-order chi connectivity index (χ0) is 22.6. The van der Waals surface area contributed by atoms with E-state index >= 15 is 0 Å². The van der Waals surface area contributed by atoms with E-state index in [1.165, 1.54) is 12.1 Å². The van der Waals surface area contributed by atoms with Crippen molar-refractivity contribution in [2.75, 3.05) is 26.2 Å². The van der Waals surface area contributed by atoms with Gasteiger partial charge in [-0.05, 0) is 41.0 Å². The highest BCUT2D eigenvalue weighted by atomic mass is 35.5. The molecule has 3 aromatic rings. The molecular weight excluding hydrogens is 437 g/mol. The first-order chi connectivity index (χ1) is 15.4. The van der Waals surface area contributed by atoms with Gasteiger partial charge >= 0.3 is 6.18 Å². The Labute approximate surface area is 190 Å². The molecule has 3 aromatic carbocycles. The summed E-state index contributed by atoms with van der Waals surface area (Å²) in [7, 11) is 0. The van der Waals surface area contributed by atoms with E-state index in [1.807, 2.05) is 54.6 Å². The average molecular weight is 461 g/mol. The maximum atomic E-state index is 13.5. The van der Waals surface area contributed by atoms with E-state index in [9.17, 15) is 13.2 Å². The lowest BCUT2D eigenvalue weighted by molar-refractivity contribution is -0.137. The van der Waals surface area contributed by atoms with Gasteiger partial charge in [0.25, 0.3) is 0 Å². The van der Waals surface area contributed by atoms with Crippen molar-refractivity contribution in [3.8, 4) is 5.75 Å². The lowest BCUT2D eigenvalue weighted by atomic mass is 9.94. The molecule has 3 nitrogen and oxygen atoms in total. The van der Waals surface area contributed by atoms with E-state index < -0.39 is 11.7 Å². The Balaban J connectivity index is 1.67. The van der Waals surface area contributed by atoms with Gasteiger partial charge in [0.05, 0.1) is 16.6 Å². The Kier molecular flexibility index (Phi) is 7.04. The van der Waals surface area contributed by atoms with E-state index in [-0.39, 0.29) is 11.1 Å². The first-order valence-corrected chi connectivity index (χ1v) is 10.9. The lowest BCUT2D eigenvalue weighted by Gasteiger charge is -2.36. The van der Waals surface area contributed by atoms with Crippen LogP contribution in [0.5, 0.6) is 5.75 Å². The molecule has 0 aliphatic carbocycles. The Morgan fingerprint density at radius 1 is 0.906 bits per heavy atom. The van der Waals surface area contributed by atoms with Crippen molar-refractivity contribution in [2.24, 2.45) is 0 Å². The highest BCUT2D eigenvalue weighted by Gasteiger charge is 2.35. The fraction of sp³-hybridized carbons (Fsp3) is 0.280. The Hall–Kier alpha value is -2.54. The molecule has 0 amide bonds. The predicted molar refractivity (Wildman–Crippen MR) is 120 cm³/mol. The highest BCUT2D eigenvalue weighted by molar-refractivity contribution is 6.31. The van der Waals surface area contributed by atoms with Crippen LogP contribution in [0.25, 0.3) is 0 Å². The number of benzene rings is 3. The number of nitrogens with one attached hydrogen (secondary N) is 1. The standard InChI is InChI=1S/C25H24ClF3N2O/c26-23-10-9-20(16-22(23)25(27,28)29)24(31-13-11-30-12-14-31)19-7-4-8-21(15-19)32-17-18-5-2-1-3-6-18/h1-10,15-16,24,30H,11-14,17H2. The molecule has 0 saturated carbocycles. The molecule has 1 N–H and O–H groups in total. The minimum absolute atomic E-state index is 0.291. The fourth-order valence-corrected chi connectivity index (χ4v) is 4.22. The second kappa shape index (κ2) is 9.94. The quantitative estimate of drug-likeness (QED) is 0.493. The summed E-state index contributed by atoms with van der Waals surface area (Å²) in [5.41, 5.74) is 1.68. The van der Waals surface area contributed by atoms with Gasteiger partial charge < -0.3 is 10.1 Å². The molecular formula is C25H24ClF3N2O. The number of nitrogens with zero attached hydrogens (tertiary/aromatic N) is 1. The summed E-state index contributed by atoms with van der Waals surface area (Å²) in [6.07, 6.45) is -4.51. The summed E-state index contributed by atoms with van der Waals surface area (Å²) in [5.74, 6) is 0.677. The molecule has 1 heterocycles. The molecule has 0 radical (unpaired) electrons. The van der Waals surface area contributed by atoms with E-state index in [0.29, 0.717) is 17.9 Å². The van der Waals surface area contributed by atoms with Crippen LogP contribution in [0.1, 0.15) is 28.3 Å². The van der Waals surface area contributed by atoms with Crippen molar-refractivity contribution in [3.63, 3.8) is 0 Å². The minimum Gasteiger partial charge on any atom is -0.489 e. The van der Waals surface area contributed by atoms with Crippen molar-refractivity contribution in [2.45, 2.75) is 18.8 Å². The van der Waals surface area contributed by atoms with Gasteiger partial charge in [0, 0.05) is 26.2 Å². The molecule has 0 bridgehead atoms. The van der Waals surface area contributed by atoms with Gasteiger partial charge in [0.15, 0.2) is 0 Å². The Bertz CT molecular complexity index is 1040. The van der Waals surface area contributed by atoms with Crippen molar-refractivity contribution in [1.29, 1.82) is 0 Å². The van der Waals surface area contributed by atoms with Crippen LogP contribution in [-0.4, -0.2) is 31.1 Å². The van der Waals surface area contributed by atoms with Crippen LogP contribution in [0.15, 0.2) is 72.8 Å². The third kappa shape index (κ3) is 5.44. The molecule has 32 heavy (non-hydrogen) atoms. The predicted octanol–water partition coefficient (Wildman–Crippen LogP) is 5.93. The van der Waals surface area contributed by atoms with E-state index in [4.69, 9.17) is 16.3 Å². The third-order valence-electron chi connectivity index (χ3n) is 5.55. The molecule has 1 saturated heterocycles. The van der Waals surface area contributed by atoms with Crippen LogP contribution in [0.2, 0.25) is 5.02 Å². The van der Waals surface area contributed by atoms with E-state index in [2.05, 4.69) is 10.2 Å². The molecule has 4 rings (SSSR count). The van der Waals surface area contributed by atoms with Gasteiger partial charge in [-0.2, -0.15) is 13.2 Å². The summed E-state index contributed by atoms with van der Waals surface area (Å²) >= 11 is 5.88. The largest absolute Gasteiger partial charge is 0.489 e. The number of halogens is 4. The van der Waals surface area contributed by atoms with Gasteiger partial charge in [-0.3, -0.25) is 4.90 Å². The van der Waals surface area contributed by atoms with Crippen molar-refractivity contribution < 1.29 is 17.9 Å². The molecule has 168 valence electrons. The van der Waals surface area contributed by atoms with Crippen LogP contribution >= 0.6 is 11.6 Å². The Morgan fingerprint density at radius 3 is 2.34 bits per heavy atom. The Morgan fingerprint density at radius 2 is 1.62 bits per heavy atom. The maximum absolute atomic E-state index is 13.5. The van der Waals surface area contributed by atoms with E-state index in [1.54, 1.807) is 6.07 Å². The summed E-state index contributed by atoms with van der Waals surface area (Å²) in [6.45, 7) is 3.43. The smallest absolute Gasteiger partial charge is 0.417 e. The van der Waals surface area contributed by atoms with Gasteiger partial charge in [-0.1, -0.05) is 60.1 Å². The monoisotopic (exact) mass is 460 g/mol. The average Bonchev–Trinajstić information content (AvgIpc) is 2.80. The number of piperazine rings is 1. The summed E-state index contributed by atoms with van der Waals surface area (Å²) in [6, 6.07) is 21.3. The molecule has 0 aromatic heterocycles. The van der Waals surface area contributed by atoms with Gasteiger partial charge in [-0.15, -0.1) is 0 Å². The third-order valence-corrected chi connectivity index (χ3v) is 5.88. The number of hydrogen-bond donors (Lipinski definition) is 1. The molecule has 1 fully saturated rings. The minimum atomic E-state index is -4.51. The number of ether oxygens (including phenoxy) is 1. The van der Waals surface area contributed by atoms with Crippen LogP contribution in [0, 0.1) is 0 Å². The lowest BCUT2D eigenvalue weighted by Crippen LogP contribution is -2.45. The fourth-order valence-electron chi connectivity index (χ4n) is 4.00. The number of hydrogen-bond acceptors (Lipinski definition) is 3. The van der Waals surface area contributed by atoms with Gasteiger partial charge in [0.2, 0.25) is 0 Å². The van der Waals surface area contributed by atoms with Crippen LogP contribution in [-0.2, 0) is 12.8 Å². The second-order valence-corrected chi connectivity index (χ2v) is 8.18. The zero-order valence-electron chi connectivity index (χ0n) is 17.4. The second-order valence-electron chi connectivity index (χ2n) is 7.77. The van der Waals surface area contributed by atoms with Crippen LogP contribution in [0.4, 0.5) is 13.2 Å². The molecule has 1 atom stereocenters. The van der Waals surface area contributed by atoms with Crippen molar-refractivity contribution in [3.05, 3.63) is 100 Å². The first kappa shape index (κ1) is 22.6. The van der Waals surface area contributed by atoms with Crippen LogP contribution < -0.4 is 10.1 Å². The molecule has 1 aliphatic heterocycles. The van der Waals surface area contributed by atoms with Crippen LogP contribution in [0.3, 0.4) is 0 Å². The van der Waals surface area contributed by atoms with Crippen molar-refractivity contribution >= 4 is 11.6 Å². The molecule has 1 unspecified atom stereocenters. The normalized spacial score (nSPS) is 16.0. The summed E-state index contributed by atoms with van der Waals surface area (Å²) in [5, 5.41) is 3.01. The van der Waals surface area contributed by atoms with Crippen molar-refractivity contribution in [1.82, 2.24) is 10.2 Å².